The summed E-state index contributed by atoms with van der Waals surface area (Å²) in [5.41, 5.74) is 1.31. The second-order valence-corrected chi connectivity index (χ2v) is 7.58. The Hall–Kier alpha value is -0.900. The minimum Gasteiger partial charge on any atom is -0.381 e. The molecule has 1 unspecified atom stereocenters. The van der Waals surface area contributed by atoms with Gasteiger partial charge in [-0.3, -0.25) is 4.84 Å². The highest BCUT2D eigenvalue weighted by Gasteiger charge is 2.53. The van der Waals surface area contributed by atoms with Crippen molar-refractivity contribution >= 4 is 0 Å². The van der Waals surface area contributed by atoms with E-state index in [4.69, 9.17) is 9.57 Å². The smallest absolute Gasteiger partial charge is 0.102 e. The summed E-state index contributed by atoms with van der Waals surface area (Å²) in [6.45, 7) is 11.3. The van der Waals surface area contributed by atoms with Crippen molar-refractivity contribution in [3.05, 3.63) is 35.9 Å². The average Bonchev–Trinajstić information content (AvgIpc) is 2.68. The SMILES string of the molecule is CCC1(CC)CC(OC)CC(CC)(CC)N1OC(C)c1ccccc1. The number of hydrogen-bond acceptors (Lipinski definition) is 3. The second kappa shape index (κ2) is 8.66. The Labute approximate surface area is 154 Å². The maximum atomic E-state index is 6.74. The molecule has 0 aliphatic carbocycles. The van der Waals surface area contributed by atoms with Crippen molar-refractivity contribution in [3.63, 3.8) is 0 Å². The second-order valence-electron chi connectivity index (χ2n) is 7.58. The van der Waals surface area contributed by atoms with Crippen LogP contribution in [0, 0.1) is 0 Å². The number of rotatable bonds is 8. The summed E-state index contributed by atoms with van der Waals surface area (Å²) >= 11 is 0. The van der Waals surface area contributed by atoms with E-state index >= 15 is 0 Å². The van der Waals surface area contributed by atoms with Gasteiger partial charge in [0.05, 0.1) is 6.10 Å². The predicted octanol–water partition coefficient (Wildman–Crippen LogP) is 5.91. The van der Waals surface area contributed by atoms with Crippen LogP contribution in [-0.2, 0) is 9.57 Å². The van der Waals surface area contributed by atoms with Gasteiger partial charge in [0.1, 0.15) is 6.10 Å². The minimum atomic E-state index is 0.0357. The topological polar surface area (TPSA) is 21.7 Å². The fourth-order valence-electron chi connectivity index (χ4n) is 4.57. The largest absolute Gasteiger partial charge is 0.381 e. The first-order valence-corrected chi connectivity index (χ1v) is 10.1. The highest BCUT2D eigenvalue weighted by molar-refractivity contribution is 5.17. The average molecular weight is 348 g/mol. The first kappa shape index (κ1) is 20.4. The number of methoxy groups -OCH3 is 1. The Morgan fingerprint density at radius 2 is 1.44 bits per heavy atom. The van der Waals surface area contributed by atoms with Gasteiger partial charge in [-0.15, -0.1) is 0 Å². The van der Waals surface area contributed by atoms with Gasteiger partial charge >= 0.3 is 0 Å². The van der Waals surface area contributed by atoms with Gasteiger partial charge in [0.15, 0.2) is 0 Å². The fraction of sp³-hybridized carbons (Fsp3) is 0.727. The van der Waals surface area contributed by atoms with Gasteiger partial charge in [0.25, 0.3) is 0 Å². The molecular weight excluding hydrogens is 310 g/mol. The number of nitrogens with zero attached hydrogens (tertiary/aromatic N) is 1. The molecule has 3 heteroatoms. The van der Waals surface area contributed by atoms with Crippen molar-refractivity contribution in [2.75, 3.05) is 7.11 Å². The van der Waals surface area contributed by atoms with Crippen LogP contribution in [0.5, 0.6) is 0 Å². The van der Waals surface area contributed by atoms with E-state index in [9.17, 15) is 0 Å². The molecule has 2 rings (SSSR count). The molecule has 1 aliphatic heterocycles. The van der Waals surface area contributed by atoms with Crippen LogP contribution in [-0.4, -0.2) is 29.4 Å². The lowest BCUT2D eigenvalue weighted by atomic mass is 9.71. The van der Waals surface area contributed by atoms with Crippen LogP contribution in [0.25, 0.3) is 0 Å². The molecule has 0 radical (unpaired) electrons. The summed E-state index contributed by atoms with van der Waals surface area (Å²) in [6, 6.07) is 10.6. The molecule has 0 aromatic heterocycles. The molecule has 1 aromatic rings. The fourth-order valence-corrected chi connectivity index (χ4v) is 4.57. The first-order chi connectivity index (χ1) is 12.0. The van der Waals surface area contributed by atoms with E-state index in [2.05, 4.69) is 70.0 Å². The van der Waals surface area contributed by atoms with Crippen molar-refractivity contribution in [1.82, 2.24) is 5.06 Å². The quantitative estimate of drug-likeness (QED) is 0.583. The van der Waals surface area contributed by atoms with Gasteiger partial charge in [-0.2, -0.15) is 5.06 Å². The predicted molar refractivity (Wildman–Crippen MR) is 104 cm³/mol. The zero-order chi connectivity index (χ0) is 18.5. The molecule has 1 saturated heterocycles. The van der Waals surface area contributed by atoms with Gasteiger partial charge < -0.3 is 4.74 Å². The molecule has 25 heavy (non-hydrogen) atoms. The molecule has 1 fully saturated rings. The van der Waals surface area contributed by atoms with Gasteiger partial charge in [-0.05, 0) is 51.0 Å². The standard InChI is InChI=1S/C22H37NO2/c1-7-21(8-2)16-20(24-6)17-22(9-3,10-4)23(21)25-18(5)19-14-12-11-13-15-19/h11-15,18,20H,7-10,16-17H2,1-6H3. The van der Waals surface area contributed by atoms with Crippen LogP contribution in [0.1, 0.15) is 84.8 Å². The van der Waals surface area contributed by atoms with Crippen LogP contribution >= 0.6 is 0 Å². The number of hydroxylamine groups is 2. The van der Waals surface area contributed by atoms with E-state index in [0.29, 0.717) is 6.10 Å². The molecule has 1 aromatic carbocycles. The number of hydrogen-bond donors (Lipinski definition) is 0. The van der Waals surface area contributed by atoms with Crippen molar-refractivity contribution in [2.24, 2.45) is 0 Å². The summed E-state index contributed by atoms with van der Waals surface area (Å²) < 4.78 is 5.86. The third kappa shape index (κ3) is 3.94. The Kier molecular flexibility index (Phi) is 7.07. The molecule has 1 atom stereocenters. The summed E-state index contributed by atoms with van der Waals surface area (Å²) in [6.07, 6.45) is 6.75. The highest BCUT2D eigenvalue weighted by Crippen LogP contribution is 2.48. The maximum Gasteiger partial charge on any atom is 0.102 e. The first-order valence-electron chi connectivity index (χ1n) is 10.1. The Morgan fingerprint density at radius 1 is 0.960 bits per heavy atom. The van der Waals surface area contributed by atoms with Crippen molar-refractivity contribution in [1.29, 1.82) is 0 Å². The van der Waals surface area contributed by atoms with E-state index < -0.39 is 0 Å². The third-order valence-electron chi connectivity index (χ3n) is 6.58. The molecule has 1 heterocycles. The van der Waals surface area contributed by atoms with E-state index in [1.807, 2.05) is 7.11 Å². The molecule has 3 nitrogen and oxygen atoms in total. The van der Waals surface area contributed by atoms with Gasteiger partial charge in [0.2, 0.25) is 0 Å². The van der Waals surface area contributed by atoms with Crippen LogP contribution in [0.3, 0.4) is 0 Å². The number of ether oxygens (including phenoxy) is 1. The monoisotopic (exact) mass is 347 g/mol. The lowest BCUT2D eigenvalue weighted by Crippen LogP contribution is -2.66. The van der Waals surface area contributed by atoms with Crippen molar-refractivity contribution in [3.8, 4) is 0 Å². The minimum absolute atomic E-state index is 0.0357. The van der Waals surface area contributed by atoms with E-state index in [0.717, 1.165) is 38.5 Å². The molecule has 0 amide bonds. The molecule has 142 valence electrons. The lowest BCUT2D eigenvalue weighted by Gasteiger charge is -2.58. The van der Waals surface area contributed by atoms with Crippen LogP contribution in [0.2, 0.25) is 0 Å². The van der Waals surface area contributed by atoms with E-state index in [1.54, 1.807) is 0 Å². The van der Waals surface area contributed by atoms with Crippen LogP contribution in [0.4, 0.5) is 0 Å². The molecule has 0 saturated carbocycles. The summed E-state index contributed by atoms with van der Waals surface area (Å²) in [5.74, 6) is 0. The molecule has 0 bridgehead atoms. The molecule has 0 N–H and O–H groups in total. The normalized spacial score (nSPS) is 22.0. The van der Waals surface area contributed by atoms with Crippen LogP contribution < -0.4 is 0 Å². The summed E-state index contributed by atoms with van der Waals surface area (Å²) in [4.78, 5) is 6.74. The Morgan fingerprint density at radius 3 is 1.84 bits per heavy atom. The zero-order valence-corrected chi connectivity index (χ0v) is 17.0. The maximum absolute atomic E-state index is 6.74. The van der Waals surface area contributed by atoms with Crippen molar-refractivity contribution < 1.29 is 9.57 Å². The molecule has 1 aliphatic rings. The van der Waals surface area contributed by atoms with Gasteiger partial charge in [-0.1, -0.05) is 58.0 Å². The Bertz CT molecular complexity index is 486. The Balaban J connectivity index is 2.39. The summed E-state index contributed by atoms with van der Waals surface area (Å²) in [7, 11) is 1.86. The zero-order valence-electron chi connectivity index (χ0n) is 17.0. The lowest BCUT2D eigenvalue weighted by molar-refractivity contribution is -0.333. The van der Waals surface area contributed by atoms with Crippen LogP contribution in [0.15, 0.2) is 30.3 Å². The van der Waals surface area contributed by atoms with Gasteiger partial charge in [-0.25, -0.2) is 0 Å². The molecular formula is C22H37NO2. The molecule has 0 spiro atoms. The van der Waals surface area contributed by atoms with E-state index in [-0.39, 0.29) is 17.2 Å². The van der Waals surface area contributed by atoms with E-state index in [1.165, 1.54) is 5.56 Å². The third-order valence-corrected chi connectivity index (χ3v) is 6.58. The highest BCUT2D eigenvalue weighted by atomic mass is 16.7. The number of piperidine rings is 1. The van der Waals surface area contributed by atoms with Crippen molar-refractivity contribution in [2.45, 2.75) is 96.4 Å². The number of benzene rings is 1. The summed E-state index contributed by atoms with van der Waals surface area (Å²) in [5, 5.41) is 2.41. The van der Waals surface area contributed by atoms with Gasteiger partial charge in [0, 0.05) is 18.2 Å².